The number of nitrogens with one attached hydrogen (secondary N) is 1. The van der Waals surface area contributed by atoms with Gasteiger partial charge in [0.15, 0.2) is 0 Å². The van der Waals surface area contributed by atoms with Gasteiger partial charge in [-0.1, -0.05) is 62.4 Å². The molecule has 0 radical (unpaired) electrons. The van der Waals surface area contributed by atoms with Crippen molar-refractivity contribution < 1.29 is 9.53 Å². The molecule has 1 aromatic heterocycles. The fraction of sp³-hybridized carbons (Fsp3) is 0.250. The SMILES string of the molecule is CC(C)(C)c1nnc(NC(=O)c2ccc(COc3ccccc3)cc2)s1. The maximum atomic E-state index is 12.4. The van der Waals surface area contributed by atoms with Gasteiger partial charge < -0.3 is 4.74 Å². The summed E-state index contributed by atoms with van der Waals surface area (Å²) in [5.74, 6) is 0.623. The molecule has 3 rings (SSSR count). The zero-order valence-electron chi connectivity index (χ0n) is 15.0. The lowest BCUT2D eigenvalue weighted by molar-refractivity contribution is 0.102. The van der Waals surface area contributed by atoms with Crippen LogP contribution in [0.4, 0.5) is 5.13 Å². The number of rotatable bonds is 5. The zero-order chi connectivity index (χ0) is 18.6. The fourth-order valence-corrected chi connectivity index (χ4v) is 2.98. The first kappa shape index (κ1) is 18.1. The molecule has 26 heavy (non-hydrogen) atoms. The largest absolute Gasteiger partial charge is 0.489 e. The standard InChI is InChI=1S/C20H21N3O2S/c1-20(2,3)18-22-23-19(26-18)21-17(24)15-11-9-14(10-12-15)13-25-16-7-5-4-6-8-16/h4-12H,13H2,1-3H3,(H,21,23,24). The predicted molar refractivity (Wildman–Crippen MR) is 104 cm³/mol. The highest BCUT2D eigenvalue weighted by molar-refractivity contribution is 7.15. The number of amides is 1. The highest BCUT2D eigenvalue weighted by atomic mass is 32.1. The molecule has 0 fully saturated rings. The van der Waals surface area contributed by atoms with Gasteiger partial charge in [0.25, 0.3) is 5.91 Å². The van der Waals surface area contributed by atoms with Gasteiger partial charge in [0.1, 0.15) is 17.4 Å². The van der Waals surface area contributed by atoms with Gasteiger partial charge in [0.05, 0.1) is 0 Å². The summed E-state index contributed by atoms with van der Waals surface area (Å²) in [6.45, 7) is 6.65. The van der Waals surface area contributed by atoms with Gasteiger partial charge in [-0.25, -0.2) is 0 Å². The van der Waals surface area contributed by atoms with Crippen LogP contribution < -0.4 is 10.1 Å². The van der Waals surface area contributed by atoms with Gasteiger partial charge in [0.2, 0.25) is 5.13 Å². The molecule has 6 heteroatoms. The average molecular weight is 367 g/mol. The monoisotopic (exact) mass is 367 g/mol. The number of ether oxygens (including phenoxy) is 1. The second-order valence-electron chi connectivity index (χ2n) is 6.92. The maximum Gasteiger partial charge on any atom is 0.257 e. The Kier molecular flexibility index (Phi) is 5.32. The smallest absolute Gasteiger partial charge is 0.257 e. The molecule has 0 bridgehead atoms. The number of nitrogens with zero attached hydrogens (tertiary/aromatic N) is 2. The second-order valence-corrected chi connectivity index (χ2v) is 7.89. The third-order valence-electron chi connectivity index (χ3n) is 3.65. The Morgan fingerprint density at radius 3 is 2.35 bits per heavy atom. The van der Waals surface area contributed by atoms with E-state index < -0.39 is 0 Å². The summed E-state index contributed by atoms with van der Waals surface area (Å²) in [6, 6.07) is 17.0. The Morgan fingerprint density at radius 2 is 1.73 bits per heavy atom. The Bertz CT molecular complexity index is 868. The van der Waals surface area contributed by atoms with E-state index in [1.807, 2.05) is 42.5 Å². The molecule has 0 aliphatic heterocycles. The third-order valence-corrected chi connectivity index (χ3v) is 4.92. The van der Waals surface area contributed by atoms with E-state index in [4.69, 9.17) is 4.74 Å². The lowest BCUT2D eigenvalue weighted by Gasteiger charge is -2.12. The van der Waals surface area contributed by atoms with E-state index in [2.05, 4.69) is 36.3 Å². The number of hydrogen-bond acceptors (Lipinski definition) is 5. The van der Waals surface area contributed by atoms with E-state index >= 15 is 0 Å². The number of anilines is 1. The van der Waals surface area contributed by atoms with E-state index in [1.165, 1.54) is 11.3 Å². The summed E-state index contributed by atoms with van der Waals surface area (Å²) in [5, 5.41) is 12.4. The van der Waals surface area contributed by atoms with Crippen LogP contribution in [0.5, 0.6) is 5.75 Å². The van der Waals surface area contributed by atoms with Crippen LogP contribution in [0.3, 0.4) is 0 Å². The number of hydrogen-bond donors (Lipinski definition) is 1. The quantitative estimate of drug-likeness (QED) is 0.712. The summed E-state index contributed by atoms with van der Waals surface area (Å²) < 4.78 is 5.71. The summed E-state index contributed by atoms with van der Waals surface area (Å²) in [6.07, 6.45) is 0. The van der Waals surface area contributed by atoms with Crippen molar-refractivity contribution in [2.45, 2.75) is 32.8 Å². The molecular formula is C20H21N3O2S. The molecule has 1 amide bonds. The average Bonchev–Trinajstić information content (AvgIpc) is 3.10. The lowest BCUT2D eigenvalue weighted by atomic mass is 9.98. The van der Waals surface area contributed by atoms with Crippen molar-refractivity contribution >= 4 is 22.4 Å². The molecule has 1 N–H and O–H groups in total. The maximum absolute atomic E-state index is 12.4. The highest BCUT2D eigenvalue weighted by Crippen LogP contribution is 2.27. The lowest BCUT2D eigenvalue weighted by Crippen LogP contribution is -2.11. The number of carbonyl (C=O) groups is 1. The highest BCUT2D eigenvalue weighted by Gasteiger charge is 2.20. The molecule has 0 saturated carbocycles. The number of benzene rings is 2. The first-order valence-corrected chi connectivity index (χ1v) is 9.15. The van der Waals surface area contributed by atoms with Gasteiger partial charge in [-0.15, -0.1) is 10.2 Å². The van der Waals surface area contributed by atoms with Crippen LogP contribution >= 0.6 is 11.3 Å². The Balaban J connectivity index is 1.59. The minimum atomic E-state index is -0.197. The minimum absolute atomic E-state index is 0.0823. The van der Waals surface area contributed by atoms with Crippen molar-refractivity contribution in [3.63, 3.8) is 0 Å². The second kappa shape index (κ2) is 7.66. The summed E-state index contributed by atoms with van der Waals surface area (Å²) in [5.41, 5.74) is 1.48. The summed E-state index contributed by atoms with van der Waals surface area (Å²) in [7, 11) is 0. The van der Waals surface area contributed by atoms with Crippen LogP contribution in [-0.2, 0) is 12.0 Å². The number of carbonyl (C=O) groups excluding carboxylic acids is 1. The molecule has 5 nitrogen and oxygen atoms in total. The number of aromatic nitrogens is 2. The van der Waals surface area contributed by atoms with E-state index in [1.54, 1.807) is 12.1 Å². The van der Waals surface area contributed by atoms with Crippen LogP contribution in [0, 0.1) is 0 Å². The van der Waals surface area contributed by atoms with Gasteiger partial charge in [-0.3, -0.25) is 10.1 Å². The fourth-order valence-electron chi connectivity index (χ4n) is 2.18. The Hall–Kier alpha value is -2.73. The van der Waals surface area contributed by atoms with E-state index in [0.717, 1.165) is 16.3 Å². The molecule has 0 spiro atoms. The topological polar surface area (TPSA) is 64.1 Å². The predicted octanol–water partition coefficient (Wildman–Crippen LogP) is 4.67. The van der Waals surface area contributed by atoms with Crippen LogP contribution in [0.25, 0.3) is 0 Å². The Labute approximate surface area is 157 Å². The van der Waals surface area contributed by atoms with Crippen molar-refractivity contribution in [3.8, 4) is 5.75 Å². The summed E-state index contributed by atoms with van der Waals surface area (Å²) >= 11 is 1.40. The molecule has 0 unspecified atom stereocenters. The van der Waals surface area contributed by atoms with Crippen molar-refractivity contribution in [3.05, 3.63) is 70.7 Å². The van der Waals surface area contributed by atoms with Gasteiger partial charge >= 0.3 is 0 Å². The van der Waals surface area contributed by atoms with Gasteiger partial charge in [-0.2, -0.15) is 0 Å². The molecule has 0 aliphatic carbocycles. The van der Waals surface area contributed by atoms with Crippen molar-refractivity contribution in [2.75, 3.05) is 5.32 Å². The normalized spacial score (nSPS) is 11.2. The van der Waals surface area contributed by atoms with Crippen molar-refractivity contribution in [2.24, 2.45) is 0 Å². The first-order valence-electron chi connectivity index (χ1n) is 8.34. The van der Waals surface area contributed by atoms with Crippen LogP contribution in [0.1, 0.15) is 41.7 Å². The van der Waals surface area contributed by atoms with Crippen molar-refractivity contribution in [1.29, 1.82) is 0 Å². The molecule has 1 heterocycles. The van der Waals surface area contributed by atoms with Crippen LogP contribution in [0.2, 0.25) is 0 Å². The molecule has 134 valence electrons. The minimum Gasteiger partial charge on any atom is -0.489 e. The first-order chi connectivity index (χ1) is 12.4. The molecule has 0 saturated heterocycles. The van der Waals surface area contributed by atoms with Gasteiger partial charge in [-0.05, 0) is 29.8 Å². The Morgan fingerprint density at radius 1 is 1.04 bits per heavy atom. The molecule has 2 aromatic carbocycles. The van der Waals surface area contributed by atoms with E-state index in [-0.39, 0.29) is 11.3 Å². The molecule has 3 aromatic rings. The van der Waals surface area contributed by atoms with Crippen LogP contribution in [0.15, 0.2) is 54.6 Å². The molecular weight excluding hydrogens is 346 g/mol. The van der Waals surface area contributed by atoms with Gasteiger partial charge in [0, 0.05) is 11.0 Å². The molecule has 0 atom stereocenters. The van der Waals surface area contributed by atoms with E-state index in [0.29, 0.717) is 17.3 Å². The molecule has 0 aliphatic rings. The summed E-state index contributed by atoms with van der Waals surface area (Å²) in [4.78, 5) is 12.4. The van der Waals surface area contributed by atoms with Crippen molar-refractivity contribution in [1.82, 2.24) is 10.2 Å². The number of para-hydroxylation sites is 1. The third kappa shape index (κ3) is 4.67. The zero-order valence-corrected chi connectivity index (χ0v) is 15.8. The van der Waals surface area contributed by atoms with Crippen LogP contribution in [-0.4, -0.2) is 16.1 Å². The van der Waals surface area contributed by atoms with E-state index in [9.17, 15) is 4.79 Å².